The van der Waals surface area contributed by atoms with Gasteiger partial charge >= 0.3 is 0 Å². The molecule has 1 fully saturated rings. The average Bonchev–Trinajstić information content (AvgIpc) is 3.40. The van der Waals surface area contributed by atoms with Crippen LogP contribution >= 0.6 is 11.8 Å². The molecule has 0 radical (unpaired) electrons. The quantitative estimate of drug-likeness (QED) is 0.657. The zero-order chi connectivity index (χ0) is 18.1. The molecule has 1 atom stereocenters. The minimum atomic E-state index is -1.27. The van der Waals surface area contributed by atoms with Crippen LogP contribution in [0.25, 0.3) is 5.69 Å². The zero-order valence-corrected chi connectivity index (χ0v) is 14.7. The number of thioether (sulfide) groups is 1. The minimum Gasteiger partial charge on any atom is -0.387 e. The number of rotatable bonds is 6. The maximum absolute atomic E-state index is 13.8. The molecule has 1 aliphatic carbocycles. The fourth-order valence-corrected chi connectivity index (χ4v) is 3.57. The molecule has 1 saturated carbocycles. The summed E-state index contributed by atoms with van der Waals surface area (Å²) in [7, 11) is 0. The summed E-state index contributed by atoms with van der Waals surface area (Å²) in [6.07, 6.45) is 0.895. The van der Waals surface area contributed by atoms with Crippen molar-refractivity contribution in [2.75, 3.05) is 5.75 Å². The minimum absolute atomic E-state index is 0.0702. The molecular weight excluding hydrogens is 356 g/mol. The lowest BCUT2D eigenvalue weighted by Crippen LogP contribution is -2.06. The third kappa shape index (κ3) is 3.50. The molecule has 0 amide bonds. The normalized spacial score (nSPS) is 15.2. The maximum Gasteiger partial charge on any atom is 0.209 e. The first-order valence-corrected chi connectivity index (χ1v) is 9.39. The molecular formula is C19H17F2N3OS. The number of benzene rings is 2. The Bertz CT molecular complexity index is 892. The third-order valence-electron chi connectivity index (χ3n) is 4.26. The molecule has 4 nitrogen and oxygen atoms in total. The molecule has 2 aromatic carbocycles. The molecule has 0 spiro atoms. The van der Waals surface area contributed by atoms with E-state index in [9.17, 15) is 13.9 Å². The zero-order valence-electron chi connectivity index (χ0n) is 13.8. The van der Waals surface area contributed by atoms with Crippen molar-refractivity contribution in [2.24, 2.45) is 0 Å². The van der Waals surface area contributed by atoms with Crippen molar-refractivity contribution in [3.63, 3.8) is 0 Å². The van der Waals surface area contributed by atoms with E-state index in [0.29, 0.717) is 11.1 Å². The fraction of sp³-hybridized carbons (Fsp3) is 0.263. The SMILES string of the molecule is OC(CSc1nc(C2CC2)n(-c2ccccc2)n1)c1c(F)cccc1F. The number of aliphatic hydroxyl groups is 1. The standard InChI is InChI=1S/C19H17F2N3OS/c20-14-7-4-8-15(21)17(14)16(25)11-26-19-22-18(12-9-10-12)24(23-19)13-5-2-1-3-6-13/h1-8,12,16,25H,9-11H2. The van der Waals surface area contributed by atoms with Gasteiger partial charge in [-0.05, 0) is 37.1 Å². The Morgan fingerprint density at radius 2 is 1.77 bits per heavy atom. The van der Waals surface area contributed by atoms with Crippen LogP contribution in [-0.2, 0) is 0 Å². The van der Waals surface area contributed by atoms with Crippen molar-refractivity contribution in [3.8, 4) is 5.69 Å². The van der Waals surface area contributed by atoms with E-state index in [4.69, 9.17) is 0 Å². The van der Waals surface area contributed by atoms with E-state index in [2.05, 4.69) is 10.1 Å². The highest BCUT2D eigenvalue weighted by atomic mass is 32.2. The van der Waals surface area contributed by atoms with Crippen LogP contribution in [0.4, 0.5) is 8.78 Å². The number of aromatic nitrogens is 3. The molecule has 3 aromatic rings. The van der Waals surface area contributed by atoms with Gasteiger partial charge in [0.2, 0.25) is 5.16 Å². The second-order valence-corrected chi connectivity index (χ2v) is 7.22. The van der Waals surface area contributed by atoms with E-state index in [1.54, 1.807) is 0 Å². The maximum atomic E-state index is 13.8. The second-order valence-electron chi connectivity index (χ2n) is 6.24. The summed E-state index contributed by atoms with van der Waals surface area (Å²) in [5.41, 5.74) is 0.611. The Labute approximate surface area is 153 Å². The Kier molecular flexibility index (Phi) is 4.74. The van der Waals surface area contributed by atoms with Crippen LogP contribution in [0, 0.1) is 11.6 Å². The lowest BCUT2D eigenvalue weighted by Gasteiger charge is -2.11. The van der Waals surface area contributed by atoms with Crippen molar-refractivity contribution in [1.29, 1.82) is 0 Å². The van der Waals surface area contributed by atoms with Crippen LogP contribution in [0.1, 0.15) is 36.3 Å². The van der Waals surface area contributed by atoms with Crippen LogP contribution in [0.3, 0.4) is 0 Å². The highest BCUT2D eigenvalue weighted by molar-refractivity contribution is 7.99. The number of para-hydroxylation sites is 1. The molecule has 7 heteroatoms. The van der Waals surface area contributed by atoms with Gasteiger partial charge in [0.25, 0.3) is 0 Å². The van der Waals surface area contributed by atoms with E-state index in [0.717, 1.165) is 36.5 Å². The molecule has 134 valence electrons. The number of nitrogens with zero attached hydrogens (tertiary/aromatic N) is 3. The number of halogens is 2. The van der Waals surface area contributed by atoms with Gasteiger partial charge in [0.1, 0.15) is 17.5 Å². The monoisotopic (exact) mass is 373 g/mol. The van der Waals surface area contributed by atoms with E-state index in [1.807, 2.05) is 35.0 Å². The van der Waals surface area contributed by atoms with E-state index < -0.39 is 17.7 Å². The lowest BCUT2D eigenvalue weighted by atomic mass is 10.1. The summed E-state index contributed by atoms with van der Waals surface area (Å²) in [6.45, 7) is 0. The van der Waals surface area contributed by atoms with Crippen molar-refractivity contribution in [3.05, 3.63) is 71.6 Å². The molecule has 0 bridgehead atoms. The van der Waals surface area contributed by atoms with Gasteiger partial charge in [-0.15, -0.1) is 5.10 Å². The molecule has 0 saturated heterocycles. The summed E-state index contributed by atoms with van der Waals surface area (Å²) in [6, 6.07) is 13.3. The van der Waals surface area contributed by atoms with E-state index in [-0.39, 0.29) is 11.3 Å². The van der Waals surface area contributed by atoms with E-state index >= 15 is 0 Å². The summed E-state index contributed by atoms with van der Waals surface area (Å²) < 4.78 is 29.4. The van der Waals surface area contributed by atoms with Gasteiger partial charge < -0.3 is 5.11 Å². The molecule has 26 heavy (non-hydrogen) atoms. The van der Waals surface area contributed by atoms with E-state index in [1.165, 1.54) is 17.8 Å². The fourth-order valence-electron chi connectivity index (χ4n) is 2.80. The predicted molar refractivity (Wildman–Crippen MR) is 95.4 cm³/mol. The largest absolute Gasteiger partial charge is 0.387 e. The van der Waals surface area contributed by atoms with Crippen LogP contribution < -0.4 is 0 Å². The predicted octanol–water partition coefficient (Wildman–Crippen LogP) is 4.25. The Morgan fingerprint density at radius 1 is 1.08 bits per heavy atom. The Hall–Kier alpha value is -2.25. The molecule has 1 unspecified atom stereocenters. The molecule has 0 aliphatic heterocycles. The number of aliphatic hydroxyl groups excluding tert-OH is 1. The smallest absolute Gasteiger partial charge is 0.209 e. The number of hydrogen-bond acceptors (Lipinski definition) is 4. The van der Waals surface area contributed by atoms with Crippen molar-refractivity contribution < 1.29 is 13.9 Å². The van der Waals surface area contributed by atoms with Gasteiger partial charge in [-0.25, -0.2) is 18.4 Å². The second kappa shape index (κ2) is 7.17. The summed E-state index contributed by atoms with van der Waals surface area (Å²) in [4.78, 5) is 4.58. The number of hydrogen-bond donors (Lipinski definition) is 1. The molecule has 1 heterocycles. The Morgan fingerprint density at radius 3 is 2.42 bits per heavy atom. The van der Waals surface area contributed by atoms with Crippen molar-refractivity contribution >= 4 is 11.8 Å². The van der Waals surface area contributed by atoms with Gasteiger partial charge in [0.05, 0.1) is 17.4 Å². The molecule has 1 aromatic heterocycles. The van der Waals surface area contributed by atoms with Gasteiger partial charge in [-0.2, -0.15) is 0 Å². The molecule has 1 aliphatic rings. The van der Waals surface area contributed by atoms with Crippen LogP contribution in [0.5, 0.6) is 0 Å². The van der Waals surface area contributed by atoms with Gasteiger partial charge in [-0.3, -0.25) is 0 Å². The van der Waals surface area contributed by atoms with Gasteiger partial charge in [-0.1, -0.05) is 36.0 Å². The first-order valence-electron chi connectivity index (χ1n) is 8.40. The first-order chi connectivity index (χ1) is 12.6. The summed E-state index contributed by atoms with van der Waals surface area (Å²) in [5.74, 6) is -0.142. The van der Waals surface area contributed by atoms with Crippen LogP contribution in [0.15, 0.2) is 53.7 Å². The average molecular weight is 373 g/mol. The van der Waals surface area contributed by atoms with Gasteiger partial charge in [0.15, 0.2) is 0 Å². The van der Waals surface area contributed by atoms with Gasteiger partial charge in [0, 0.05) is 11.7 Å². The summed E-state index contributed by atoms with van der Waals surface area (Å²) >= 11 is 1.19. The molecule has 1 N–H and O–H groups in total. The third-order valence-corrected chi connectivity index (χ3v) is 5.17. The lowest BCUT2D eigenvalue weighted by molar-refractivity contribution is 0.193. The van der Waals surface area contributed by atoms with Crippen molar-refractivity contribution in [2.45, 2.75) is 30.0 Å². The first kappa shape index (κ1) is 17.2. The topological polar surface area (TPSA) is 50.9 Å². The van der Waals surface area contributed by atoms with Crippen molar-refractivity contribution in [1.82, 2.24) is 14.8 Å². The highest BCUT2D eigenvalue weighted by Gasteiger charge is 2.30. The summed E-state index contributed by atoms with van der Waals surface area (Å²) in [5, 5.41) is 15.2. The Balaban J connectivity index is 1.54. The van der Waals surface area contributed by atoms with Crippen LogP contribution in [0.2, 0.25) is 0 Å². The van der Waals surface area contributed by atoms with Crippen LogP contribution in [-0.4, -0.2) is 25.6 Å². The highest BCUT2D eigenvalue weighted by Crippen LogP contribution is 2.40. The molecule has 4 rings (SSSR count).